The van der Waals surface area contributed by atoms with E-state index >= 15 is 0 Å². The molecule has 0 aliphatic heterocycles. The molecule has 0 saturated carbocycles. The summed E-state index contributed by atoms with van der Waals surface area (Å²) in [6.45, 7) is 6.94. The zero-order valence-corrected chi connectivity index (χ0v) is 10.7. The molecule has 0 unspecified atom stereocenters. The molecular formula is C12H23NO4. The molecule has 0 aromatic carbocycles. The quantitative estimate of drug-likeness (QED) is 0.572. The van der Waals surface area contributed by atoms with Crippen LogP contribution < -0.4 is 0 Å². The lowest BCUT2D eigenvalue weighted by molar-refractivity contribution is -0.154. The van der Waals surface area contributed by atoms with Crippen molar-refractivity contribution >= 4 is 11.9 Å². The SMILES string of the molecule is CCCN(CCC)CCCC(C(=O)O)C(=O)O. The van der Waals surface area contributed by atoms with E-state index < -0.39 is 17.9 Å². The van der Waals surface area contributed by atoms with Gasteiger partial charge in [-0.3, -0.25) is 9.59 Å². The predicted molar refractivity (Wildman–Crippen MR) is 65.0 cm³/mol. The lowest BCUT2D eigenvalue weighted by Gasteiger charge is -2.21. The van der Waals surface area contributed by atoms with Crippen LogP contribution in [0.3, 0.4) is 0 Å². The number of hydrogen-bond acceptors (Lipinski definition) is 3. The average molecular weight is 245 g/mol. The van der Waals surface area contributed by atoms with Crippen molar-refractivity contribution in [2.75, 3.05) is 19.6 Å². The number of rotatable bonds is 10. The van der Waals surface area contributed by atoms with Crippen LogP contribution in [0, 0.1) is 5.92 Å². The Hall–Kier alpha value is -1.10. The summed E-state index contributed by atoms with van der Waals surface area (Å²) in [5, 5.41) is 17.4. The summed E-state index contributed by atoms with van der Waals surface area (Å²) >= 11 is 0. The number of aliphatic carboxylic acids is 2. The average Bonchev–Trinajstić information content (AvgIpc) is 2.23. The summed E-state index contributed by atoms with van der Waals surface area (Å²) in [6.07, 6.45) is 2.93. The molecule has 0 bridgehead atoms. The van der Waals surface area contributed by atoms with Crippen LogP contribution in [-0.4, -0.2) is 46.7 Å². The lowest BCUT2D eigenvalue weighted by atomic mass is 10.0. The molecule has 0 spiro atoms. The van der Waals surface area contributed by atoms with Gasteiger partial charge in [-0.15, -0.1) is 0 Å². The Morgan fingerprint density at radius 1 is 1.00 bits per heavy atom. The van der Waals surface area contributed by atoms with Crippen molar-refractivity contribution in [2.45, 2.75) is 39.5 Å². The fourth-order valence-corrected chi connectivity index (χ4v) is 1.84. The molecule has 0 heterocycles. The molecule has 5 nitrogen and oxygen atoms in total. The standard InChI is InChI=1S/C12H23NO4/c1-3-7-13(8-4-2)9-5-6-10(11(14)15)12(16)17/h10H,3-9H2,1-2H3,(H,14,15)(H,16,17). The van der Waals surface area contributed by atoms with E-state index in [2.05, 4.69) is 18.7 Å². The van der Waals surface area contributed by atoms with E-state index in [0.29, 0.717) is 6.42 Å². The molecule has 0 aliphatic rings. The summed E-state index contributed by atoms with van der Waals surface area (Å²) in [6, 6.07) is 0. The molecule has 0 rings (SSSR count). The molecule has 2 N–H and O–H groups in total. The third-order valence-corrected chi connectivity index (χ3v) is 2.64. The van der Waals surface area contributed by atoms with Crippen molar-refractivity contribution in [1.29, 1.82) is 0 Å². The van der Waals surface area contributed by atoms with E-state index in [1.807, 2.05) is 0 Å². The van der Waals surface area contributed by atoms with Gasteiger partial charge in [-0.1, -0.05) is 13.8 Å². The van der Waals surface area contributed by atoms with Crippen molar-refractivity contribution < 1.29 is 19.8 Å². The maximum atomic E-state index is 10.7. The second-order valence-electron chi connectivity index (χ2n) is 4.21. The first-order valence-corrected chi connectivity index (χ1v) is 6.20. The maximum Gasteiger partial charge on any atom is 0.317 e. The van der Waals surface area contributed by atoms with Crippen LogP contribution in [0.15, 0.2) is 0 Å². The van der Waals surface area contributed by atoms with Crippen molar-refractivity contribution in [2.24, 2.45) is 5.92 Å². The summed E-state index contributed by atoms with van der Waals surface area (Å²) in [4.78, 5) is 23.6. The smallest absolute Gasteiger partial charge is 0.317 e. The van der Waals surface area contributed by atoms with Crippen molar-refractivity contribution in [1.82, 2.24) is 4.90 Å². The van der Waals surface area contributed by atoms with Gasteiger partial charge in [-0.2, -0.15) is 0 Å². The first-order chi connectivity index (χ1) is 8.02. The summed E-state index contributed by atoms with van der Waals surface area (Å²) in [7, 11) is 0. The van der Waals surface area contributed by atoms with Crippen LogP contribution in [0.4, 0.5) is 0 Å². The molecule has 17 heavy (non-hydrogen) atoms. The largest absolute Gasteiger partial charge is 0.481 e. The van der Waals surface area contributed by atoms with Gasteiger partial charge in [0.15, 0.2) is 5.92 Å². The molecule has 100 valence electrons. The number of hydrogen-bond donors (Lipinski definition) is 2. The van der Waals surface area contributed by atoms with E-state index in [0.717, 1.165) is 32.5 Å². The fourth-order valence-electron chi connectivity index (χ4n) is 1.84. The molecule has 0 saturated heterocycles. The molecular weight excluding hydrogens is 222 g/mol. The van der Waals surface area contributed by atoms with E-state index in [4.69, 9.17) is 10.2 Å². The van der Waals surface area contributed by atoms with Gasteiger partial charge in [0.25, 0.3) is 0 Å². The number of carboxylic acid groups (broad SMARTS) is 2. The van der Waals surface area contributed by atoms with Gasteiger partial charge >= 0.3 is 11.9 Å². The van der Waals surface area contributed by atoms with Crippen LogP contribution >= 0.6 is 0 Å². The minimum absolute atomic E-state index is 0.203. The zero-order chi connectivity index (χ0) is 13.3. The highest BCUT2D eigenvalue weighted by Gasteiger charge is 2.25. The van der Waals surface area contributed by atoms with E-state index in [9.17, 15) is 9.59 Å². The first-order valence-electron chi connectivity index (χ1n) is 6.20. The van der Waals surface area contributed by atoms with Gasteiger partial charge in [0.05, 0.1) is 0 Å². The lowest BCUT2D eigenvalue weighted by Crippen LogP contribution is -2.29. The van der Waals surface area contributed by atoms with Crippen molar-refractivity contribution in [3.05, 3.63) is 0 Å². The molecule has 0 radical (unpaired) electrons. The van der Waals surface area contributed by atoms with Crippen LogP contribution in [0.5, 0.6) is 0 Å². The van der Waals surface area contributed by atoms with Gasteiger partial charge in [0.1, 0.15) is 0 Å². The minimum atomic E-state index is -1.26. The third-order valence-electron chi connectivity index (χ3n) is 2.64. The Bertz CT molecular complexity index is 223. The molecule has 0 amide bonds. The van der Waals surface area contributed by atoms with Gasteiger partial charge in [0.2, 0.25) is 0 Å². The van der Waals surface area contributed by atoms with Crippen LogP contribution in [0.2, 0.25) is 0 Å². The highest BCUT2D eigenvalue weighted by molar-refractivity contribution is 5.92. The first kappa shape index (κ1) is 15.9. The Kier molecular flexibility index (Phi) is 8.40. The number of nitrogens with zero attached hydrogens (tertiary/aromatic N) is 1. The third kappa shape index (κ3) is 6.94. The summed E-state index contributed by atoms with van der Waals surface area (Å²) in [5.41, 5.74) is 0. The van der Waals surface area contributed by atoms with Crippen LogP contribution in [0.25, 0.3) is 0 Å². The fraction of sp³-hybridized carbons (Fsp3) is 0.833. The molecule has 0 atom stereocenters. The highest BCUT2D eigenvalue weighted by Crippen LogP contribution is 2.08. The topological polar surface area (TPSA) is 77.8 Å². The zero-order valence-electron chi connectivity index (χ0n) is 10.7. The predicted octanol–water partition coefficient (Wildman–Crippen LogP) is 1.67. The van der Waals surface area contributed by atoms with Gasteiger partial charge in [-0.25, -0.2) is 0 Å². The van der Waals surface area contributed by atoms with E-state index in [-0.39, 0.29) is 6.42 Å². The van der Waals surface area contributed by atoms with Gasteiger partial charge < -0.3 is 15.1 Å². The molecule has 0 aromatic rings. The number of carbonyl (C=O) groups is 2. The normalized spacial score (nSPS) is 11.1. The van der Waals surface area contributed by atoms with Crippen LogP contribution in [0.1, 0.15) is 39.5 Å². The Balaban J connectivity index is 3.99. The van der Waals surface area contributed by atoms with Gasteiger partial charge in [0, 0.05) is 0 Å². The Morgan fingerprint density at radius 2 is 1.47 bits per heavy atom. The minimum Gasteiger partial charge on any atom is -0.481 e. The van der Waals surface area contributed by atoms with Crippen molar-refractivity contribution in [3.63, 3.8) is 0 Å². The number of carboxylic acids is 2. The maximum absolute atomic E-state index is 10.7. The van der Waals surface area contributed by atoms with E-state index in [1.54, 1.807) is 0 Å². The summed E-state index contributed by atoms with van der Waals surface area (Å²) in [5.74, 6) is -3.75. The molecule has 0 fully saturated rings. The van der Waals surface area contributed by atoms with Crippen LogP contribution in [-0.2, 0) is 9.59 Å². The Morgan fingerprint density at radius 3 is 1.82 bits per heavy atom. The summed E-state index contributed by atoms with van der Waals surface area (Å²) < 4.78 is 0. The van der Waals surface area contributed by atoms with E-state index in [1.165, 1.54) is 0 Å². The second kappa shape index (κ2) is 8.98. The molecule has 0 aromatic heterocycles. The monoisotopic (exact) mass is 245 g/mol. The Labute approximate surface area is 102 Å². The van der Waals surface area contributed by atoms with Gasteiger partial charge in [-0.05, 0) is 45.3 Å². The second-order valence-corrected chi connectivity index (χ2v) is 4.21. The molecule has 5 heteroatoms. The van der Waals surface area contributed by atoms with Crippen molar-refractivity contribution in [3.8, 4) is 0 Å². The highest BCUT2D eigenvalue weighted by atomic mass is 16.4. The molecule has 0 aliphatic carbocycles.